The molecule has 1 unspecified atom stereocenters. The van der Waals surface area contributed by atoms with E-state index < -0.39 is 6.10 Å². The van der Waals surface area contributed by atoms with E-state index in [-0.39, 0.29) is 31.1 Å². The van der Waals surface area contributed by atoms with Gasteiger partial charge in [0.2, 0.25) is 0 Å². The highest BCUT2D eigenvalue weighted by Gasteiger charge is 2.19. The number of hydrogen-bond acceptors (Lipinski definition) is 6. The van der Waals surface area contributed by atoms with Gasteiger partial charge in [-0.1, -0.05) is 245 Å². The average molecular weight is 1010 g/mol. The second kappa shape index (κ2) is 60.4. The molecule has 6 nitrogen and oxygen atoms in total. The van der Waals surface area contributed by atoms with Crippen molar-refractivity contribution in [1.82, 2.24) is 0 Å². The quantitative estimate of drug-likeness (QED) is 0.0261. The smallest absolute Gasteiger partial charge is 0.306 e. The first kappa shape index (κ1) is 68.8. The zero-order valence-electron chi connectivity index (χ0n) is 47.4. The van der Waals surface area contributed by atoms with Gasteiger partial charge in [0, 0.05) is 19.3 Å². The Hall–Kier alpha value is -4.19. The number of hydrogen-bond donors (Lipinski definition) is 0. The number of ether oxygens (including phenoxy) is 3. The molecule has 0 aliphatic heterocycles. The summed E-state index contributed by atoms with van der Waals surface area (Å²) in [6.45, 7) is 6.29. The number of allylic oxidation sites excluding steroid dienone is 20. The second-order valence-corrected chi connectivity index (χ2v) is 19.5. The minimum Gasteiger partial charge on any atom is -0.462 e. The van der Waals surface area contributed by atoms with Gasteiger partial charge in [-0.2, -0.15) is 0 Å². The highest BCUT2D eigenvalue weighted by atomic mass is 16.6. The number of rotatable bonds is 53. The first-order valence-electron chi connectivity index (χ1n) is 30.0. The summed E-state index contributed by atoms with van der Waals surface area (Å²) >= 11 is 0. The Kier molecular flexibility index (Phi) is 56.9. The van der Waals surface area contributed by atoms with E-state index in [1.807, 2.05) is 0 Å². The number of carbonyl (C=O) groups is 3. The molecule has 73 heavy (non-hydrogen) atoms. The Labute approximate surface area is 450 Å². The van der Waals surface area contributed by atoms with Crippen LogP contribution in [0.15, 0.2) is 122 Å². The molecule has 0 aromatic carbocycles. The van der Waals surface area contributed by atoms with Gasteiger partial charge >= 0.3 is 17.9 Å². The molecule has 0 saturated carbocycles. The zero-order valence-corrected chi connectivity index (χ0v) is 47.4. The lowest BCUT2D eigenvalue weighted by Crippen LogP contribution is -2.30. The van der Waals surface area contributed by atoms with Crippen molar-refractivity contribution in [2.24, 2.45) is 0 Å². The summed E-state index contributed by atoms with van der Waals surface area (Å²) < 4.78 is 16.9. The molecule has 0 spiro atoms. The molecule has 0 aromatic rings. The second-order valence-electron chi connectivity index (χ2n) is 19.5. The van der Waals surface area contributed by atoms with E-state index in [0.717, 1.165) is 141 Å². The average Bonchev–Trinajstić information content (AvgIpc) is 3.39. The first-order chi connectivity index (χ1) is 36.0. The van der Waals surface area contributed by atoms with Gasteiger partial charge in [-0.25, -0.2) is 0 Å². The molecule has 6 heteroatoms. The minimum absolute atomic E-state index is 0.0922. The third kappa shape index (κ3) is 58.6. The minimum atomic E-state index is -0.796. The highest BCUT2D eigenvalue weighted by Crippen LogP contribution is 2.15. The lowest BCUT2D eigenvalue weighted by Gasteiger charge is -2.18. The summed E-state index contributed by atoms with van der Waals surface area (Å²) in [5.41, 5.74) is 0. The van der Waals surface area contributed by atoms with E-state index >= 15 is 0 Å². The van der Waals surface area contributed by atoms with Crippen LogP contribution in [-0.2, 0) is 28.6 Å². The van der Waals surface area contributed by atoms with Gasteiger partial charge in [0.05, 0.1) is 0 Å². The van der Waals surface area contributed by atoms with Crippen LogP contribution in [0.3, 0.4) is 0 Å². The lowest BCUT2D eigenvalue weighted by molar-refractivity contribution is -0.167. The third-order valence-electron chi connectivity index (χ3n) is 12.4. The van der Waals surface area contributed by atoms with Gasteiger partial charge in [0.25, 0.3) is 0 Å². The summed E-state index contributed by atoms with van der Waals surface area (Å²) in [5.74, 6) is -0.917. The standard InChI is InChI=1S/C67H110O6/c1-4-7-10-13-16-19-22-25-28-31-32-33-34-37-39-42-45-48-51-54-57-60-66(69)72-63-64(73-67(70)61-58-55-52-49-46-43-40-36-30-27-24-21-18-15-12-9-6-3)62-71-65(68)59-56-53-50-47-44-41-38-35-29-26-23-20-17-14-11-8-5-2/h7-12,16-21,25-30,32-33,64H,4-6,13-15,22-24,31,34-63H2,1-3H3/b10-7-,11-8-,12-9-,19-16-,20-17-,21-18-,28-25-,29-26-,30-27-,33-32-. The van der Waals surface area contributed by atoms with Crippen LogP contribution in [0.25, 0.3) is 0 Å². The molecule has 414 valence electrons. The molecule has 0 aliphatic rings. The van der Waals surface area contributed by atoms with Crippen LogP contribution in [0, 0.1) is 0 Å². The molecular formula is C67H110O6. The summed E-state index contributed by atoms with van der Waals surface area (Å²) in [6, 6.07) is 0. The molecule has 0 heterocycles. The molecule has 0 bridgehead atoms. The van der Waals surface area contributed by atoms with E-state index in [1.165, 1.54) is 83.5 Å². The van der Waals surface area contributed by atoms with Crippen LogP contribution in [-0.4, -0.2) is 37.2 Å². The Morgan fingerprint density at radius 3 is 0.767 bits per heavy atom. The number of unbranched alkanes of at least 4 members (excludes halogenated alkanes) is 22. The van der Waals surface area contributed by atoms with E-state index in [0.29, 0.717) is 19.3 Å². The molecule has 1 atom stereocenters. The van der Waals surface area contributed by atoms with Crippen molar-refractivity contribution >= 4 is 17.9 Å². The number of esters is 3. The Morgan fingerprint density at radius 1 is 0.274 bits per heavy atom. The summed E-state index contributed by atoms with van der Waals surface area (Å²) in [6.07, 6.45) is 83.3. The third-order valence-corrected chi connectivity index (χ3v) is 12.4. The van der Waals surface area contributed by atoms with Gasteiger partial charge in [0.1, 0.15) is 13.2 Å². The topological polar surface area (TPSA) is 78.9 Å². The molecule has 0 fully saturated rings. The fourth-order valence-corrected chi connectivity index (χ4v) is 8.05. The van der Waals surface area contributed by atoms with Crippen molar-refractivity contribution in [2.45, 2.75) is 271 Å². The Bertz CT molecular complexity index is 1540. The van der Waals surface area contributed by atoms with Crippen LogP contribution in [0.2, 0.25) is 0 Å². The molecule has 0 radical (unpaired) electrons. The summed E-state index contributed by atoms with van der Waals surface area (Å²) in [4.78, 5) is 38.3. The highest BCUT2D eigenvalue weighted by molar-refractivity contribution is 5.71. The SMILES string of the molecule is CC/C=C\C/C=C\C/C=C\C/C=C\CCCCCCCCCCC(=O)OCC(COC(=O)CCCCCCCCC/C=C\C/C=C\C/C=C\CC)OC(=O)CCCCCCCCC/C=C\C/C=C\C/C=C\CC. The molecular weight excluding hydrogens is 901 g/mol. The molecule has 0 saturated heterocycles. The van der Waals surface area contributed by atoms with Crippen LogP contribution in [0.4, 0.5) is 0 Å². The molecule has 0 amide bonds. The van der Waals surface area contributed by atoms with E-state index in [1.54, 1.807) is 0 Å². The van der Waals surface area contributed by atoms with Crippen molar-refractivity contribution < 1.29 is 28.6 Å². The Morgan fingerprint density at radius 2 is 0.493 bits per heavy atom. The van der Waals surface area contributed by atoms with Gasteiger partial charge in [-0.05, 0) is 122 Å². The molecule has 0 aliphatic carbocycles. The van der Waals surface area contributed by atoms with E-state index in [2.05, 4.69) is 142 Å². The predicted octanol–water partition coefficient (Wildman–Crippen LogP) is 20.4. The van der Waals surface area contributed by atoms with Crippen LogP contribution < -0.4 is 0 Å². The fourth-order valence-electron chi connectivity index (χ4n) is 8.05. The van der Waals surface area contributed by atoms with E-state index in [9.17, 15) is 14.4 Å². The maximum atomic E-state index is 12.9. The molecule has 0 rings (SSSR count). The van der Waals surface area contributed by atoms with Crippen molar-refractivity contribution in [3.05, 3.63) is 122 Å². The maximum Gasteiger partial charge on any atom is 0.306 e. The molecule has 0 N–H and O–H groups in total. The fraction of sp³-hybridized carbons (Fsp3) is 0.657. The lowest BCUT2D eigenvalue weighted by atomic mass is 10.1. The zero-order chi connectivity index (χ0) is 52.9. The predicted molar refractivity (Wildman–Crippen MR) is 316 cm³/mol. The van der Waals surface area contributed by atoms with Crippen LogP contribution in [0.5, 0.6) is 0 Å². The maximum absolute atomic E-state index is 12.9. The van der Waals surface area contributed by atoms with Crippen molar-refractivity contribution in [3.63, 3.8) is 0 Å². The monoisotopic (exact) mass is 1010 g/mol. The largest absolute Gasteiger partial charge is 0.462 e. The summed E-state index contributed by atoms with van der Waals surface area (Å²) in [7, 11) is 0. The normalized spacial score (nSPS) is 13.0. The van der Waals surface area contributed by atoms with Crippen molar-refractivity contribution in [2.75, 3.05) is 13.2 Å². The Balaban J connectivity index is 4.43. The van der Waals surface area contributed by atoms with Gasteiger partial charge in [-0.15, -0.1) is 0 Å². The van der Waals surface area contributed by atoms with Crippen molar-refractivity contribution in [1.29, 1.82) is 0 Å². The summed E-state index contributed by atoms with van der Waals surface area (Å²) in [5, 5.41) is 0. The number of carbonyl (C=O) groups excluding carboxylic acids is 3. The van der Waals surface area contributed by atoms with Crippen LogP contribution >= 0.6 is 0 Å². The first-order valence-corrected chi connectivity index (χ1v) is 30.0. The van der Waals surface area contributed by atoms with E-state index in [4.69, 9.17) is 14.2 Å². The van der Waals surface area contributed by atoms with Crippen LogP contribution in [0.1, 0.15) is 265 Å². The van der Waals surface area contributed by atoms with Gasteiger partial charge in [0.15, 0.2) is 6.10 Å². The van der Waals surface area contributed by atoms with Gasteiger partial charge in [-0.3, -0.25) is 14.4 Å². The van der Waals surface area contributed by atoms with Crippen molar-refractivity contribution in [3.8, 4) is 0 Å². The molecule has 0 aromatic heterocycles. The van der Waals surface area contributed by atoms with Gasteiger partial charge < -0.3 is 14.2 Å².